The monoisotopic (exact) mass is 385 g/mol. The molecule has 2 rings (SSSR count). The van der Waals surface area contributed by atoms with Crippen LogP contribution in [0.2, 0.25) is 0 Å². The number of carbonyl (C=O) groups is 2. The number of amides is 1. The molecule has 2 atom stereocenters. The highest BCUT2D eigenvalue weighted by atomic mass is 16.5. The first kappa shape index (κ1) is 21.7. The number of fused-ring (bicyclic) bond motifs is 1. The number of esters is 1. The molecule has 0 aliphatic rings. The molecule has 0 bridgehead atoms. The van der Waals surface area contributed by atoms with Crippen LogP contribution in [0.3, 0.4) is 0 Å². The van der Waals surface area contributed by atoms with Crippen LogP contribution >= 0.6 is 0 Å². The molecule has 0 spiro atoms. The highest BCUT2D eigenvalue weighted by molar-refractivity contribution is 5.88. The minimum Gasteiger partial charge on any atom is -0.497 e. The maximum Gasteiger partial charge on any atom is 0.313 e. The van der Waals surface area contributed by atoms with Crippen molar-refractivity contribution in [2.24, 2.45) is 0 Å². The molecule has 1 amide bonds. The Bertz CT molecular complexity index is 836. The third-order valence-corrected chi connectivity index (χ3v) is 4.93. The number of hydrogen-bond donors (Lipinski definition) is 0. The van der Waals surface area contributed by atoms with Crippen LogP contribution in [0.25, 0.3) is 10.8 Å². The van der Waals surface area contributed by atoms with Crippen LogP contribution in [0.15, 0.2) is 36.4 Å². The molecule has 0 unspecified atom stereocenters. The minimum atomic E-state index is -0.815. The van der Waals surface area contributed by atoms with Crippen molar-refractivity contribution in [1.29, 1.82) is 0 Å². The van der Waals surface area contributed by atoms with Crippen molar-refractivity contribution in [3.8, 4) is 5.75 Å². The summed E-state index contributed by atoms with van der Waals surface area (Å²) in [6.07, 6.45) is -0.815. The van der Waals surface area contributed by atoms with Crippen LogP contribution < -0.4 is 4.74 Å². The molecule has 2 aromatic rings. The molecule has 0 fully saturated rings. The molecule has 5 heteroatoms. The number of rotatable bonds is 7. The Balaban J connectivity index is 2.13. The standard InChI is InChI=1S/C23H31NO4/c1-14(2)24(15(3)4)22(25)17(6)28-23(26)16(5)18-8-9-20-13-21(27-7)11-10-19(20)12-18/h8-17H,1-7H3/t16-,17+/m0/s1. The van der Waals surface area contributed by atoms with E-state index >= 15 is 0 Å². The first-order valence-corrected chi connectivity index (χ1v) is 9.76. The van der Waals surface area contributed by atoms with E-state index in [1.807, 2.05) is 64.1 Å². The van der Waals surface area contributed by atoms with Crippen molar-refractivity contribution in [2.45, 2.75) is 65.6 Å². The van der Waals surface area contributed by atoms with Crippen LogP contribution in [0.4, 0.5) is 0 Å². The summed E-state index contributed by atoms with van der Waals surface area (Å²) in [7, 11) is 1.63. The molecule has 2 aromatic carbocycles. The number of carbonyl (C=O) groups excluding carboxylic acids is 2. The summed E-state index contributed by atoms with van der Waals surface area (Å²) in [5, 5.41) is 2.06. The molecule has 0 aromatic heterocycles. The SMILES string of the molecule is COc1ccc2cc([C@H](C)C(=O)O[C@H](C)C(=O)N(C(C)C)C(C)C)ccc2c1. The second kappa shape index (κ2) is 9.09. The largest absolute Gasteiger partial charge is 0.497 e. The summed E-state index contributed by atoms with van der Waals surface area (Å²) < 4.78 is 10.8. The van der Waals surface area contributed by atoms with Gasteiger partial charge in [0.25, 0.3) is 5.91 Å². The maximum absolute atomic E-state index is 12.7. The third-order valence-electron chi connectivity index (χ3n) is 4.93. The van der Waals surface area contributed by atoms with E-state index in [9.17, 15) is 9.59 Å². The lowest BCUT2D eigenvalue weighted by atomic mass is 9.97. The Morgan fingerprint density at radius 1 is 0.857 bits per heavy atom. The molecule has 152 valence electrons. The Hall–Kier alpha value is -2.56. The van der Waals surface area contributed by atoms with Gasteiger partial charge in [0.05, 0.1) is 13.0 Å². The number of ether oxygens (including phenoxy) is 2. The van der Waals surface area contributed by atoms with E-state index in [0.717, 1.165) is 22.1 Å². The van der Waals surface area contributed by atoms with Gasteiger partial charge in [0.15, 0.2) is 6.10 Å². The topological polar surface area (TPSA) is 55.8 Å². The van der Waals surface area contributed by atoms with E-state index < -0.39 is 18.0 Å². The predicted molar refractivity (Wildman–Crippen MR) is 112 cm³/mol. The van der Waals surface area contributed by atoms with Crippen LogP contribution in [0, 0.1) is 0 Å². The fraction of sp³-hybridized carbons (Fsp3) is 0.478. The van der Waals surface area contributed by atoms with Gasteiger partial charge in [-0.3, -0.25) is 9.59 Å². The Morgan fingerprint density at radius 3 is 2.00 bits per heavy atom. The molecular weight excluding hydrogens is 354 g/mol. The smallest absolute Gasteiger partial charge is 0.313 e. The van der Waals surface area contributed by atoms with Crippen molar-refractivity contribution in [3.63, 3.8) is 0 Å². The van der Waals surface area contributed by atoms with Gasteiger partial charge in [-0.2, -0.15) is 0 Å². The zero-order chi connectivity index (χ0) is 21.0. The van der Waals surface area contributed by atoms with E-state index in [4.69, 9.17) is 9.47 Å². The Kier molecular flexibility index (Phi) is 7.05. The van der Waals surface area contributed by atoms with Gasteiger partial charge in [-0.25, -0.2) is 0 Å². The first-order chi connectivity index (χ1) is 13.1. The second-order valence-electron chi connectivity index (χ2n) is 7.71. The molecule has 0 aliphatic carbocycles. The molecule has 0 N–H and O–H groups in total. The number of methoxy groups -OCH3 is 1. The second-order valence-corrected chi connectivity index (χ2v) is 7.71. The molecule has 0 saturated carbocycles. The number of hydrogen-bond acceptors (Lipinski definition) is 4. The van der Waals surface area contributed by atoms with Gasteiger partial charge in [-0.15, -0.1) is 0 Å². The Morgan fingerprint density at radius 2 is 1.43 bits per heavy atom. The van der Waals surface area contributed by atoms with E-state index in [1.165, 1.54) is 0 Å². The normalized spacial score (nSPS) is 13.5. The van der Waals surface area contributed by atoms with Crippen molar-refractivity contribution >= 4 is 22.6 Å². The maximum atomic E-state index is 12.7. The fourth-order valence-electron chi connectivity index (χ4n) is 3.42. The number of nitrogens with zero attached hydrogens (tertiary/aromatic N) is 1. The summed E-state index contributed by atoms with van der Waals surface area (Å²) in [4.78, 5) is 27.1. The summed E-state index contributed by atoms with van der Waals surface area (Å²) in [6.45, 7) is 11.3. The fourth-order valence-corrected chi connectivity index (χ4v) is 3.42. The van der Waals surface area contributed by atoms with Crippen LogP contribution in [0.1, 0.15) is 53.0 Å². The zero-order valence-electron chi connectivity index (χ0n) is 17.9. The highest BCUT2D eigenvalue weighted by Gasteiger charge is 2.29. The van der Waals surface area contributed by atoms with Gasteiger partial charge in [-0.1, -0.05) is 24.3 Å². The summed E-state index contributed by atoms with van der Waals surface area (Å²) in [6, 6.07) is 11.7. The zero-order valence-corrected chi connectivity index (χ0v) is 17.9. The number of benzene rings is 2. The van der Waals surface area contributed by atoms with Gasteiger partial charge in [0.1, 0.15) is 5.75 Å². The molecule has 0 aliphatic heterocycles. The highest BCUT2D eigenvalue weighted by Crippen LogP contribution is 2.26. The van der Waals surface area contributed by atoms with Gasteiger partial charge in [-0.05, 0) is 70.0 Å². The summed E-state index contributed by atoms with van der Waals surface area (Å²) in [5.74, 6) is -0.245. The average molecular weight is 386 g/mol. The average Bonchev–Trinajstić information content (AvgIpc) is 2.65. The molecular formula is C23H31NO4. The van der Waals surface area contributed by atoms with Gasteiger partial charge in [0.2, 0.25) is 0 Å². The van der Waals surface area contributed by atoms with E-state index in [2.05, 4.69) is 0 Å². The van der Waals surface area contributed by atoms with Gasteiger partial charge in [0, 0.05) is 12.1 Å². The minimum absolute atomic E-state index is 0.0450. The predicted octanol–water partition coefficient (Wildman–Crippen LogP) is 4.53. The molecule has 28 heavy (non-hydrogen) atoms. The van der Waals surface area contributed by atoms with E-state index in [0.29, 0.717) is 0 Å². The summed E-state index contributed by atoms with van der Waals surface area (Å²) in [5.41, 5.74) is 0.854. The third kappa shape index (κ3) is 4.83. The Labute approximate surface area is 167 Å². The van der Waals surface area contributed by atoms with Crippen molar-refractivity contribution in [2.75, 3.05) is 7.11 Å². The van der Waals surface area contributed by atoms with E-state index in [-0.39, 0.29) is 18.0 Å². The summed E-state index contributed by atoms with van der Waals surface area (Å²) >= 11 is 0. The lowest BCUT2D eigenvalue weighted by Gasteiger charge is -2.33. The van der Waals surface area contributed by atoms with Gasteiger partial charge < -0.3 is 14.4 Å². The molecule has 0 radical (unpaired) electrons. The lowest BCUT2D eigenvalue weighted by molar-refractivity contribution is -0.161. The van der Waals surface area contributed by atoms with Crippen LogP contribution in [0.5, 0.6) is 5.75 Å². The molecule has 0 heterocycles. The van der Waals surface area contributed by atoms with Crippen LogP contribution in [-0.2, 0) is 14.3 Å². The van der Waals surface area contributed by atoms with Gasteiger partial charge >= 0.3 is 5.97 Å². The lowest BCUT2D eigenvalue weighted by Crippen LogP contribution is -2.47. The van der Waals surface area contributed by atoms with E-state index in [1.54, 1.807) is 25.9 Å². The first-order valence-electron chi connectivity index (χ1n) is 9.76. The molecule has 0 saturated heterocycles. The van der Waals surface area contributed by atoms with Crippen molar-refractivity contribution in [1.82, 2.24) is 4.90 Å². The van der Waals surface area contributed by atoms with Crippen LogP contribution in [-0.4, -0.2) is 42.1 Å². The molecule has 5 nitrogen and oxygen atoms in total. The quantitative estimate of drug-likeness (QED) is 0.657. The van der Waals surface area contributed by atoms with Crippen molar-refractivity contribution in [3.05, 3.63) is 42.0 Å². The van der Waals surface area contributed by atoms with Crippen molar-refractivity contribution < 1.29 is 19.1 Å².